The van der Waals surface area contributed by atoms with Crippen molar-refractivity contribution < 1.29 is 14.3 Å². The number of benzene rings is 1. The number of carbonyl (C=O) groups is 2. The molecule has 1 unspecified atom stereocenters. The minimum atomic E-state index is -0.422. The van der Waals surface area contributed by atoms with Crippen LogP contribution in [-0.4, -0.2) is 25.1 Å². The lowest BCUT2D eigenvalue weighted by Gasteiger charge is -2.13. The predicted molar refractivity (Wildman–Crippen MR) is 63.1 cm³/mol. The maximum absolute atomic E-state index is 11.9. The summed E-state index contributed by atoms with van der Waals surface area (Å²) in [5.74, 6) is 0.397. The van der Waals surface area contributed by atoms with Gasteiger partial charge in [-0.25, -0.2) is 9.69 Å². The maximum atomic E-state index is 11.9. The Bertz CT molecular complexity index is 459. The van der Waals surface area contributed by atoms with E-state index < -0.39 is 6.04 Å². The first-order chi connectivity index (χ1) is 8.17. The van der Waals surface area contributed by atoms with Gasteiger partial charge in [0.2, 0.25) is 0 Å². The third-order valence-corrected chi connectivity index (χ3v) is 2.74. The van der Waals surface area contributed by atoms with Gasteiger partial charge in [0.15, 0.2) is 0 Å². The molecule has 5 nitrogen and oxygen atoms in total. The molecule has 0 radical (unpaired) electrons. The molecule has 1 N–H and O–H groups in total. The van der Waals surface area contributed by atoms with Crippen LogP contribution in [0.15, 0.2) is 24.3 Å². The number of hydrogen-bond acceptors (Lipinski definition) is 3. The standard InChI is InChI=1S/C12H14N2O3/c1-3-10-11(15)14(12(16)13-10)8-5-4-6-9(7-8)17-2/h4-7,10H,3H2,1-2H3,(H,13,16). The van der Waals surface area contributed by atoms with E-state index in [1.54, 1.807) is 31.4 Å². The molecule has 1 aliphatic heterocycles. The molecule has 1 fully saturated rings. The number of imide groups is 1. The molecule has 0 bridgehead atoms. The number of anilines is 1. The zero-order valence-electron chi connectivity index (χ0n) is 9.77. The van der Waals surface area contributed by atoms with Crippen LogP contribution < -0.4 is 15.0 Å². The van der Waals surface area contributed by atoms with Gasteiger partial charge in [0, 0.05) is 6.07 Å². The summed E-state index contributed by atoms with van der Waals surface area (Å²) >= 11 is 0. The summed E-state index contributed by atoms with van der Waals surface area (Å²) in [6.07, 6.45) is 0.588. The third kappa shape index (κ3) is 1.95. The third-order valence-electron chi connectivity index (χ3n) is 2.74. The minimum absolute atomic E-state index is 0.217. The van der Waals surface area contributed by atoms with E-state index in [-0.39, 0.29) is 11.9 Å². The van der Waals surface area contributed by atoms with E-state index in [1.807, 2.05) is 6.92 Å². The molecule has 2 rings (SSSR count). The topological polar surface area (TPSA) is 58.6 Å². The van der Waals surface area contributed by atoms with Crippen molar-refractivity contribution in [3.63, 3.8) is 0 Å². The molecule has 90 valence electrons. The van der Waals surface area contributed by atoms with Crippen molar-refractivity contribution in [2.75, 3.05) is 12.0 Å². The average molecular weight is 234 g/mol. The highest BCUT2D eigenvalue weighted by Crippen LogP contribution is 2.24. The predicted octanol–water partition coefficient (Wildman–Crippen LogP) is 1.53. The summed E-state index contributed by atoms with van der Waals surface area (Å²) in [5, 5.41) is 2.64. The molecule has 1 saturated heterocycles. The molecule has 0 spiro atoms. The highest BCUT2D eigenvalue weighted by Gasteiger charge is 2.37. The number of amides is 3. The Balaban J connectivity index is 2.33. The Morgan fingerprint density at radius 2 is 2.18 bits per heavy atom. The summed E-state index contributed by atoms with van der Waals surface area (Å²) in [6, 6.07) is 6.07. The van der Waals surface area contributed by atoms with Crippen molar-refractivity contribution >= 4 is 17.6 Å². The van der Waals surface area contributed by atoms with E-state index in [1.165, 1.54) is 0 Å². The van der Waals surface area contributed by atoms with Crippen molar-refractivity contribution in [2.45, 2.75) is 19.4 Å². The van der Waals surface area contributed by atoms with Crippen LogP contribution in [0.3, 0.4) is 0 Å². The fourth-order valence-corrected chi connectivity index (χ4v) is 1.80. The molecule has 1 heterocycles. The molecule has 1 atom stereocenters. The van der Waals surface area contributed by atoms with Gasteiger partial charge in [-0.15, -0.1) is 0 Å². The molecular formula is C12H14N2O3. The molecule has 0 aliphatic carbocycles. The quantitative estimate of drug-likeness (QED) is 0.807. The largest absolute Gasteiger partial charge is 0.497 e. The van der Waals surface area contributed by atoms with Crippen LogP contribution in [0.2, 0.25) is 0 Å². The van der Waals surface area contributed by atoms with Gasteiger partial charge in [0.25, 0.3) is 5.91 Å². The fraction of sp³-hybridized carbons (Fsp3) is 0.333. The van der Waals surface area contributed by atoms with Crippen molar-refractivity contribution in [1.29, 1.82) is 0 Å². The molecule has 17 heavy (non-hydrogen) atoms. The van der Waals surface area contributed by atoms with Crippen LogP contribution in [0.1, 0.15) is 13.3 Å². The van der Waals surface area contributed by atoms with Gasteiger partial charge in [0.1, 0.15) is 11.8 Å². The Morgan fingerprint density at radius 1 is 1.41 bits per heavy atom. The van der Waals surface area contributed by atoms with E-state index >= 15 is 0 Å². The minimum Gasteiger partial charge on any atom is -0.497 e. The van der Waals surface area contributed by atoms with Crippen LogP contribution in [0.5, 0.6) is 5.75 Å². The number of hydrogen-bond donors (Lipinski definition) is 1. The Kier molecular flexibility index (Phi) is 2.99. The SMILES string of the molecule is CCC1NC(=O)N(c2cccc(OC)c2)C1=O. The summed E-state index contributed by atoms with van der Waals surface area (Å²) in [6.45, 7) is 1.86. The van der Waals surface area contributed by atoms with Gasteiger partial charge in [-0.1, -0.05) is 13.0 Å². The van der Waals surface area contributed by atoms with Crippen LogP contribution in [0, 0.1) is 0 Å². The average Bonchev–Trinajstić information content (AvgIpc) is 2.64. The lowest BCUT2D eigenvalue weighted by Crippen LogP contribution is -2.31. The number of rotatable bonds is 3. The number of nitrogens with one attached hydrogen (secondary N) is 1. The molecule has 0 saturated carbocycles. The Morgan fingerprint density at radius 3 is 2.76 bits per heavy atom. The molecular weight excluding hydrogens is 220 g/mol. The highest BCUT2D eigenvalue weighted by atomic mass is 16.5. The molecule has 1 aromatic rings. The maximum Gasteiger partial charge on any atom is 0.329 e. The van der Waals surface area contributed by atoms with Gasteiger partial charge in [0.05, 0.1) is 12.8 Å². The first kappa shape index (κ1) is 11.4. The summed E-state index contributed by atoms with van der Waals surface area (Å²) in [5.41, 5.74) is 0.530. The summed E-state index contributed by atoms with van der Waals surface area (Å²) in [7, 11) is 1.54. The van der Waals surface area contributed by atoms with Crippen LogP contribution >= 0.6 is 0 Å². The van der Waals surface area contributed by atoms with E-state index in [4.69, 9.17) is 4.74 Å². The molecule has 3 amide bonds. The molecule has 1 aliphatic rings. The summed E-state index contributed by atoms with van der Waals surface area (Å²) < 4.78 is 5.07. The van der Waals surface area contributed by atoms with Gasteiger partial charge in [-0.2, -0.15) is 0 Å². The second-order valence-corrected chi connectivity index (χ2v) is 3.79. The van der Waals surface area contributed by atoms with Crippen molar-refractivity contribution in [1.82, 2.24) is 5.32 Å². The molecule has 1 aromatic carbocycles. The number of carbonyl (C=O) groups excluding carboxylic acids is 2. The zero-order chi connectivity index (χ0) is 12.4. The van der Waals surface area contributed by atoms with Crippen molar-refractivity contribution in [3.8, 4) is 5.75 Å². The van der Waals surface area contributed by atoms with Gasteiger partial charge in [-0.05, 0) is 18.6 Å². The van der Waals surface area contributed by atoms with Crippen LogP contribution in [0.25, 0.3) is 0 Å². The number of urea groups is 1. The van der Waals surface area contributed by atoms with Gasteiger partial charge < -0.3 is 10.1 Å². The van der Waals surface area contributed by atoms with E-state index in [2.05, 4.69) is 5.32 Å². The summed E-state index contributed by atoms with van der Waals surface area (Å²) in [4.78, 5) is 24.8. The number of ether oxygens (including phenoxy) is 1. The van der Waals surface area contributed by atoms with E-state index in [0.29, 0.717) is 17.9 Å². The highest BCUT2D eigenvalue weighted by molar-refractivity contribution is 6.21. The van der Waals surface area contributed by atoms with Gasteiger partial charge in [-0.3, -0.25) is 4.79 Å². The second kappa shape index (κ2) is 4.45. The smallest absolute Gasteiger partial charge is 0.329 e. The van der Waals surface area contributed by atoms with Crippen molar-refractivity contribution in [3.05, 3.63) is 24.3 Å². The lowest BCUT2D eigenvalue weighted by atomic mass is 10.2. The van der Waals surface area contributed by atoms with Crippen LogP contribution in [0.4, 0.5) is 10.5 Å². The molecule has 0 aromatic heterocycles. The van der Waals surface area contributed by atoms with Crippen molar-refractivity contribution in [2.24, 2.45) is 0 Å². The lowest BCUT2D eigenvalue weighted by molar-refractivity contribution is -0.118. The van der Waals surface area contributed by atoms with E-state index in [0.717, 1.165) is 4.90 Å². The van der Waals surface area contributed by atoms with E-state index in [9.17, 15) is 9.59 Å². The zero-order valence-corrected chi connectivity index (χ0v) is 9.77. The number of methoxy groups -OCH3 is 1. The second-order valence-electron chi connectivity index (χ2n) is 3.79. The van der Waals surface area contributed by atoms with Crippen LogP contribution in [-0.2, 0) is 4.79 Å². The monoisotopic (exact) mass is 234 g/mol. The van der Waals surface area contributed by atoms with Gasteiger partial charge >= 0.3 is 6.03 Å². The fourth-order valence-electron chi connectivity index (χ4n) is 1.80. The molecule has 5 heteroatoms. The number of nitrogens with zero attached hydrogens (tertiary/aromatic N) is 1. The first-order valence-electron chi connectivity index (χ1n) is 5.46. The Labute approximate surface area is 99.4 Å². The normalized spacial score (nSPS) is 19.4. The Hall–Kier alpha value is -2.04. The first-order valence-corrected chi connectivity index (χ1v) is 5.46.